The molecule has 0 saturated heterocycles. The Labute approximate surface area is 200 Å². The van der Waals surface area contributed by atoms with E-state index in [-0.39, 0.29) is 5.76 Å². The zero-order valence-corrected chi connectivity index (χ0v) is 18.0. The van der Waals surface area contributed by atoms with E-state index in [2.05, 4.69) is 10.1 Å². The first-order chi connectivity index (χ1) is 17.2. The van der Waals surface area contributed by atoms with Crippen molar-refractivity contribution in [1.29, 1.82) is 0 Å². The first-order valence-corrected chi connectivity index (χ1v) is 10.1. The number of ether oxygens (including phenoxy) is 2. The summed E-state index contributed by atoms with van der Waals surface area (Å²) >= 11 is 0. The number of hydrogen-bond donors (Lipinski definition) is 2. The van der Waals surface area contributed by atoms with Gasteiger partial charge in [0.15, 0.2) is 23.1 Å². The number of esters is 1. The van der Waals surface area contributed by atoms with Crippen LogP contribution in [0.25, 0.3) is 12.2 Å². The SMILES string of the molecule is NC(=O)c1c(F)c(F)c(OC(=O)/C=C/c2ccccc2/C=C2\Oc3ccccc3NC2=O)c(F)c1F. The predicted octanol–water partition coefficient (Wildman–Crippen LogP) is 4.33. The van der Waals surface area contributed by atoms with Crippen LogP contribution in [-0.4, -0.2) is 17.8 Å². The molecule has 182 valence electrons. The second-order valence-electron chi connectivity index (χ2n) is 7.27. The molecule has 0 radical (unpaired) electrons. The molecule has 11 heteroatoms. The Bertz CT molecular complexity index is 1450. The largest absolute Gasteiger partial charge is 0.449 e. The van der Waals surface area contributed by atoms with Crippen LogP contribution in [0.2, 0.25) is 0 Å². The van der Waals surface area contributed by atoms with Crippen LogP contribution in [0.1, 0.15) is 21.5 Å². The lowest BCUT2D eigenvalue weighted by Gasteiger charge is -2.19. The maximum absolute atomic E-state index is 14.1. The van der Waals surface area contributed by atoms with Crippen LogP contribution in [0, 0.1) is 23.3 Å². The van der Waals surface area contributed by atoms with E-state index >= 15 is 0 Å². The van der Waals surface area contributed by atoms with Gasteiger partial charge in [-0.15, -0.1) is 0 Å². The van der Waals surface area contributed by atoms with Crippen LogP contribution >= 0.6 is 0 Å². The molecule has 0 atom stereocenters. The molecule has 1 heterocycles. The first kappa shape index (κ1) is 24.2. The third-order valence-electron chi connectivity index (χ3n) is 4.93. The van der Waals surface area contributed by atoms with E-state index in [1.165, 1.54) is 12.2 Å². The normalized spacial score (nSPS) is 13.8. The van der Waals surface area contributed by atoms with E-state index in [0.717, 1.165) is 6.08 Å². The standard InChI is InChI=1S/C25H14F4N2O5/c26-19-18(24(30)33)20(27)22(29)23(21(19)28)36-17(32)10-9-12-5-1-2-6-13(12)11-16-25(34)31-14-7-3-4-8-15(14)35-16/h1-11H,(H2,30,33)(H,31,34)/b10-9+,16-11-. The summed E-state index contributed by atoms with van der Waals surface area (Å²) in [6, 6.07) is 13.2. The summed E-state index contributed by atoms with van der Waals surface area (Å²) in [5.74, 6) is -13.3. The molecule has 0 saturated carbocycles. The molecule has 2 amide bonds. The second-order valence-corrected chi connectivity index (χ2v) is 7.27. The number of nitrogens with one attached hydrogen (secondary N) is 1. The van der Waals surface area contributed by atoms with Crippen LogP contribution in [0.4, 0.5) is 23.2 Å². The molecule has 3 aromatic carbocycles. The minimum Gasteiger partial charge on any atom is -0.449 e. The Balaban J connectivity index is 1.59. The van der Waals surface area contributed by atoms with Crippen molar-refractivity contribution in [2.24, 2.45) is 5.73 Å². The molecule has 7 nitrogen and oxygen atoms in total. The maximum Gasteiger partial charge on any atom is 0.336 e. The van der Waals surface area contributed by atoms with Gasteiger partial charge in [-0.25, -0.2) is 13.6 Å². The Kier molecular flexibility index (Phi) is 6.55. The summed E-state index contributed by atoms with van der Waals surface area (Å²) in [4.78, 5) is 35.6. The average molecular weight is 498 g/mol. The van der Waals surface area contributed by atoms with Gasteiger partial charge in [-0.05, 0) is 35.4 Å². The van der Waals surface area contributed by atoms with Gasteiger partial charge in [-0.3, -0.25) is 9.59 Å². The van der Waals surface area contributed by atoms with Crippen molar-refractivity contribution in [3.63, 3.8) is 0 Å². The quantitative estimate of drug-likeness (QED) is 0.179. The van der Waals surface area contributed by atoms with Crippen molar-refractivity contribution in [3.05, 3.63) is 100 Å². The molecule has 1 aliphatic heterocycles. The van der Waals surface area contributed by atoms with Gasteiger partial charge in [0.2, 0.25) is 17.4 Å². The fourth-order valence-corrected chi connectivity index (χ4v) is 3.25. The van der Waals surface area contributed by atoms with Gasteiger partial charge in [0, 0.05) is 6.08 Å². The molecule has 1 aliphatic rings. The number of fused-ring (bicyclic) bond motifs is 1. The number of carbonyl (C=O) groups is 3. The van der Waals surface area contributed by atoms with Gasteiger partial charge in [0.1, 0.15) is 5.56 Å². The Morgan fingerprint density at radius 3 is 2.17 bits per heavy atom. The smallest absolute Gasteiger partial charge is 0.336 e. The highest BCUT2D eigenvalue weighted by Crippen LogP contribution is 2.32. The molecule has 0 spiro atoms. The van der Waals surface area contributed by atoms with Crippen molar-refractivity contribution >= 4 is 35.6 Å². The topological polar surface area (TPSA) is 108 Å². The molecule has 36 heavy (non-hydrogen) atoms. The Morgan fingerprint density at radius 2 is 1.50 bits per heavy atom. The minimum absolute atomic E-state index is 0.0400. The van der Waals surface area contributed by atoms with Gasteiger partial charge in [-0.1, -0.05) is 36.4 Å². The number of carbonyl (C=O) groups excluding carboxylic acids is 3. The number of benzene rings is 3. The number of primary amides is 1. The van der Waals surface area contributed by atoms with Crippen LogP contribution in [-0.2, 0) is 9.59 Å². The van der Waals surface area contributed by atoms with E-state index in [0.29, 0.717) is 22.6 Å². The first-order valence-electron chi connectivity index (χ1n) is 10.1. The van der Waals surface area contributed by atoms with Crippen LogP contribution in [0.5, 0.6) is 11.5 Å². The molecule has 0 bridgehead atoms. The summed E-state index contributed by atoms with van der Waals surface area (Å²) in [5.41, 5.74) is 4.36. The maximum atomic E-state index is 14.1. The number of hydrogen-bond acceptors (Lipinski definition) is 5. The molecular weight excluding hydrogens is 484 g/mol. The number of para-hydroxylation sites is 2. The lowest BCUT2D eigenvalue weighted by Crippen LogP contribution is -2.23. The van der Waals surface area contributed by atoms with E-state index < -0.39 is 52.4 Å². The fourth-order valence-electron chi connectivity index (χ4n) is 3.25. The predicted molar refractivity (Wildman–Crippen MR) is 120 cm³/mol. The van der Waals surface area contributed by atoms with Gasteiger partial charge in [-0.2, -0.15) is 8.78 Å². The molecule has 0 fully saturated rings. The highest BCUT2D eigenvalue weighted by Gasteiger charge is 2.30. The van der Waals surface area contributed by atoms with Crippen LogP contribution in [0.15, 0.2) is 60.4 Å². The Hall–Kier alpha value is -4.93. The summed E-state index contributed by atoms with van der Waals surface area (Å²) in [5, 5.41) is 2.67. The van der Waals surface area contributed by atoms with Gasteiger partial charge < -0.3 is 20.5 Å². The van der Waals surface area contributed by atoms with Crippen molar-refractivity contribution in [2.45, 2.75) is 0 Å². The van der Waals surface area contributed by atoms with E-state index in [1.807, 2.05) is 0 Å². The summed E-state index contributed by atoms with van der Waals surface area (Å²) in [6.07, 6.45) is 3.33. The highest BCUT2D eigenvalue weighted by atomic mass is 19.2. The minimum atomic E-state index is -2.10. The van der Waals surface area contributed by atoms with E-state index in [1.54, 1.807) is 48.5 Å². The van der Waals surface area contributed by atoms with Crippen molar-refractivity contribution in [2.75, 3.05) is 5.32 Å². The zero-order valence-electron chi connectivity index (χ0n) is 18.0. The third-order valence-corrected chi connectivity index (χ3v) is 4.93. The van der Waals surface area contributed by atoms with E-state index in [9.17, 15) is 31.9 Å². The molecule has 3 aromatic rings. The monoisotopic (exact) mass is 498 g/mol. The number of nitrogens with two attached hydrogens (primary N) is 1. The zero-order chi connectivity index (χ0) is 26.0. The molecular formula is C25H14F4N2O5. The van der Waals surface area contributed by atoms with Crippen LogP contribution < -0.4 is 20.5 Å². The van der Waals surface area contributed by atoms with Crippen molar-refractivity contribution < 1.29 is 41.4 Å². The lowest BCUT2D eigenvalue weighted by molar-refractivity contribution is -0.129. The third kappa shape index (κ3) is 4.67. The summed E-state index contributed by atoms with van der Waals surface area (Å²) < 4.78 is 66.1. The number of halogens is 4. The lowest BCUT2D eigenvalue weighted by atomic mass is 10.1. The average Bonchev–Trinajstić information content (AvgIpc) is 2.85. The summed E-state index contributed by atoms with van der Waals surface area (Å²) in [6.45, 7) is 0. The van der Waals surface area contributed by atoms with Crippen LogP contribution in [0.3, 0.4) is 0 Å². The molecule has 4 rings (SSSR count). The molecule has 0 aliphatic carbocycles. The Morgan fingerprint density at radius 1 is 0.889 bits per heavy atom. The summed E-state index contributed by atoms with van der Waals surface area (Å²) in [7, 11) is 0. The van der Waals surface area contributed by atoms with Gasteiger partial charge in [0.05, 0.1) is 5.69 Å². The van der Waals surface area contributed by atoms with Gasteiger partial charge >= 0.3 is 5.97 Å². The fraction of sp³-hybridized carbons (Fsp3) is 0. The van der Waals surface area contributed by atoms with Gasteiger partial charge in [0.25, 0.3) is 11.8 Å². The van der Waals surface area contributed by atoms with E-state index in [4.69, 9.17) is 10.5 Å². The number of rotatable bonds is 5. The number of anilines is 1. The molecule has 0 aromatic heterocycles. The van der Waals surface area contributed by atoms with Crippen molar-refractivity contribution in [3.8, 4) is 11.5 Å². The number of amides is 2. The second kappa shape index (κ2) is 9.74. The van der Waals surface area contributed by atoms with Crippen molar-refractivity contribution in [1.82, 2.24) is 0 Å². The molecule has 0 unspecified atom stereocenters. The molecule has 3 N–H and O–H groups in total. The highest BCUT2D eigenvalue weighted by molar-refractivity contribution is 6.08.